The Labute approximate surface area is 120 Å². The fourth-order valence-electron chi connectivity index (χ4n) is 2.50. The van der Waals surface area contributed by atoms with E-state index in [1.54, 1.807) is 6.20 Å². The summed E-state index contributed by atoms with van der Waals surface area (Å²) in [5.41, 5.74) is 7.29. The zero-order valence-corrected chi connectivity index (χ0v) is 12.2. The van der Waals surface area contributed by atoms with Gasteiger partial charge < -0.3 is 16.0 Å². The molecule has 5 heteroatoms. The van der Waals surface area contributed by atoms with E-state index in [1.807, 2.05) is 12.1 Å². The second-order valence-corrected chi connectivity index (χ2v) is 5.70. The standard InChI is InChI=1S/C14H22N4S/c1-11(10-18-7-2-3-8-18)9-17-12-5-4-6-16-13(12)14(15)19/h4-6,11,17H,2-3,7-10H2,1H3,(H2,15,19). The lowest BCUT2D eigenvalue weighted by atomic mass is 10.1. The van der Waals surface area contributed by atoms with Gasteiger partial charge in [-0.15, -0.1) is 0 Å². The third kappa shape index (κ3) is 4.14. The molecule has 1 atom stereocenters. The first-order chi connectivity index (χ1) is 9.16. The molecule has 19 heavy (non-hydrogen) atoms. The Bertz CT molecular complexity index is 429. The van der Waals surface area contributed by atoms with Crippen molar-refractivity contribution in [2.75, 3.05) is 31.5 Å². The number of likely N-dealkylation sites (tertiary alicyclic amines) is 1. The molecule has 2 rings (SSSR count). The van der Waals surface area contributed by atoms with Crippen LogP contribution >= 0.6 is 12.2 Å². The molecule has 2 heterocycles. The molecule has 1 aromatic rings. The Hall–Kier alpha value is -1.20. The summed E-state index contributed by atoms with van der Waals surface area (Å²) < 4.78 is 0. The molecule has 0 radical (unpaired) electrons. The molecule has 0 aromatic carbocycles. The highest BCUT2D eigenvalue weighted by Gasteiger charge is 2.15. The Kier molecular flexibility index (Phi) is 5.10. The summed E-state index contributed by atoms with van der Waals surface area (Å²) in [6, 6.07) is 3.87. The summed E-state index contributed by atoms with van der Waals surface area (Å²) in [4.78, 5) is 7.09. The van der Waals surface area contributed by atoms with Crippen LogP contribution in [0.25, 0.3) is 0 Å². The number of rotatable bonds is 6. The van der Waals surface area contributed by atoms with Gasteiger partial charge in [0.25, 0.3) is 0 Å². The van der Waals surface area contributed by atoms with Crippen LogP contribution in [0.5, 0.6) is 0 Å². The monoisotopic (exact) mass is 278 g/mol. The summed E-state index contributed by atoms with van der Waals surface area (Å²) in [7, 11) is 0. The number of hydrogen-bond donors (Lipinski definition) is 2. The number of thiocarbonyl (C=S) groups is 1. The average Bonchev–Trinajstić information content (AvgIpc) is 2.89. The van der Waals surface area contributed by atoms with E-state index in [1.165, 1.54) is 25.9 Å². The average molecular weight is 278 g/mol. The van der Waals surface area contributed by atoms with E-state index in [0.717, 1.165) is 18.8 Å². The molecule has 0 bridgehead atoms. The van der Waals surface area contributed by atoms with Gasteiger partial charge in [0.05, 0.1) is 5.69 Å². The van der Waals surface area contributed by atoms with Crippen molar-refractivity contribution in [2.45, 2.75) is 19.8 Å². The van der Waals surface area contributed by atoms with E-state index in [2.05, 4.69) is 22.1 Å². The van der Waals surface area contributed by atoms with E-state index >= 15 is 0 Å². The maximum absolute atomic E-state index is 5.67. The molecule has 0 saturated carbocycles. The predicted molar refractivity (Wildman–Crippen MR) is 83.5 cm³/mol. The number of nitrogens with zero attached hydrogens (tertiary/aromatic N) is 2. The van der Waals surface area contributed by atoms with Crippen LogP contribution < -0.4 is 11.1 Å². The number of anilines is 1. The van der Waals surface area contributed by atoms with Gasteiger partial charge in [-0.25, -0.2) is 0 Å². The quantitative estimate of drug-likeness (QED) is 0.778. The molecule has 1 aromatic heterocycles. The molecule has 0 amide bonds. The maximum Gasteiger partial charge on any atom is 0.124 e. The molecule has 1 unspecified atom stereocenters. The van der Waals surface area contributed by atoms with Crippen molar-refractivity contribution in [3.63, 3.8) is 0 Å². The number of aromatic nitrogens is 1. The van der Waals surface area contributed by atoms with Crippen molar-refractivity contribution in [3.05, 3.63) is 24.0 Å². The van der Waals surface area contributed by atoms with Crippen LogP contribution in [0.1, 0.15) is 25.5 Å². The molecular formula is C14H22N4S. The summed E-state index contributed by atoms with van der Waals surface area (Å²) in [5, 5.41) is 3.41. The Morgan fingerprint density at radius 3 is 2.95 bits per heavy atom. The molecule has 104 valence electrons. The van der Waals surface area contributed by atoms with Crippen molar-refractivity contribution >= 4 is 22.9 Å². The second kappa shape index (κ2) is 6.82. The van der Waals surface area contributed by atoms with Gasteiger partial charge in [0.15, 0.2) is 0 Å². The van der Waals surface area contributed by atoms with E-state index in [0.29, 0.717) is 16.6 Å². The fraction of sp³-hybridized carbons (Fsp3) is 0.571. The van der Waals surface area contributed by atoms with Crippen molar-refractivity contribution in [3.8, 4) is 0 Å². The van der Waals surface area contributed by atoms with E-state index in [4.69, 9.17) is 18.0 Å². The van der Waals surface area contributed by atoms with E-state index in [9.17, 15) is 0 Å². The van der Waals surface area contributed by atoms with Gasteiger partial charge in [-0.05, 0) is 44.0 Å². The van der Waals surface area contributed by atoms with Gasteiger partial charge >= 0.3 is 0 Å². The minimum absolute atomic E-state index is 0.343. The lowest BCUT2D eigenvalue weighted by Gasteiger charge is -2.21. The van der Waals surface area contributed by atoms with Crippen LogP contribution in [-0.4, -0.2) is 41.1 Å². The molecule has 4 nitrogen and oxygen atoms in total. The predicted octanol–water partition coefficient (Wildman–Crippen LogP) is 1.86. The minimum Gasteiger partial charge on any atom is -0.388 e. The molecule has 0 spiro atoms. The third-order valence-electron chi connectivity index (χ3n) is 3.45. The molecule has 1 saturated heterocycles. The highest BCUT2D eigenvalue weighted by Crippen LogP contribution is 2.14. The van der Waals surface area contributed by atoms with Gasteiger partial charge in [0.1, 0.15) is 10.7 Å². The van der Waals surface area contributed by atoms with Crippen LogP contribution in [0.3, 0.4) is 0 Å². The van der Waals surface area contributed by atoms with Gasteiger partial charge in [-0.1, -0.05) is 19.1 Å². The Balaban J connectivity index is 1.85. The second-order valence-electron chi connectivity index (χ2n) is 5.26. The first-order valence-corrected chi connectivity index (χ1v) is 7.28. The normalized spacial score (nSPS) is 17.3. The summed E-state index contributed by atoms with van der Waals surface area (Å²) in [5.74, 6) is 0.595. The summed E-state index contributed by atoms with van der Waals surface area (Å²) in [6.45, 7) is 6.82. The smallest absolute Gasteiger partial charge is 0.124 e. The van der Waals surface area contributed by atoms with Crippen molar-refractivity contribution in [1.82, 2.24) is 9.88 Å². The third-order valence-corrected chi connectivity index (χ3v) is 3.64. The van der Waals surface area contributed by atoms with Gasteiger partial charge in [0, 0.05) is 19.3 Å². The number of pyridine rings is 1. The number of hydrogen-bond acceptors (Lipinski definition) is 4. The Morgan fingerprint density at radius 2 is 2.26 bits per heavy atom. The molecule has 1 fully saturated rings. The molecule has 1 aliphatic heterocycles. The first-order valence-electron chi connectivity index (χ1n) is 6.88. The van der Waals surface area contributed by atoms with Crippen molar-refractivity contribution in [2.24, 2.45) is 11.7 Å². The van der Waals surface area contributed by atoms with Crippen LogP contribution in [0.2, 0.25) is 0 Å². The first kappa shape index (κ1) is 14.2. The number of nitrogens with one attached hydrogen (secondary N) is 1. The summed E-state index contributed by atoms with van der Waals surface area (Å²) in [6.07, 6.45) is 4.40. The highest BCUT2D eigenvalue weighted by molar-refractivity contribution is 7.80. The lowest BCUT2D eigenvalue weighted by Crippen LogP contribution is -2.29. The van der Waals surface area contributed by atoms with Crippen molar-refractivity contribution < 1.29 is 0 Å². The van der Waals surface area contributed by atoms with Crippen LogP contribution in [0.4, 0.5) is 5.69 Å². The molecular weight excluding hydrogens is 256 g/mol. The molecule has 0 aliphatic carbocycles. The minimum atomic E-state index is 0.343. The largest absolute Gasteiger partial charge is 0.388 e. The topological polar surface area (TPSA) is 54.2 Å². The van der Waals surface area contributed by atoms with Gasteiger partial charge in [-0.3, -0.25) is 4.98 Å². The maximum atomic E-state index is 5.67. The zero-order chi connectivity index (χ0) is 13.7. The van der Waals surface area contributed by atoms with Crippen LogP contribution in [-0.2, 0) is 0 Å². The fourth-order valence-corrected chi connectivity index (χ4v) is 2.66. The van der Waals surface area contributed by atoms with E-state index in [-0.39, 0.29) is 0 Å². The molecule has 3 N–H and O–H groups in total. The van der Waals surface area contributed by atoms with E-state index < -0.39 is 0 Å². The summed E-state index contributed by atoms with van der Waals surface area (Å²) >= 11 is 5.01. The van der Waals surface area contributed by atoms with Crippen molar-refractivity contribution in [1.29, 1.82) is 0 Å². The Morgan fingerprint density at radius 1 is 1.53 bits per heavy atom. The molecule has 1 aliphatic rings. The lowest BCUT2D eigenvalue weighted by molar-refractivity contribution is 0.294. The van der Waals surface area contributed by atoms with Gasteiger partial charge in [-0.2, -0.15) is 0 Å². The van der Waals surface area contributed by atoms with Crippen LogP contribution in [0, 0.1) is 5.92 Å². The van der Waals surface area contributed by atoms with Gasteiger partial charge in [0.2, 0.25) is 0 Å². The SMILES string of the molecule is CC(CNc1cccnc1C(N)=S)CN1CCCC1. The highest BCUT2D eigenvalue weighted by atomic mass is 32.1. The zero-order valence-electron chi connectivity index (χ0n) is 11.4. The number of nitrogens with two attached hydrogens (primary N) is 1. The van der Waals surface area contributed by atoms with Crippen LogP contribution in [0.15, 0.2) is 18.3 Å².